The van der Waals surface area contributed by atoms with E-state index < -0.39 is 18.2 Å². The molecule has 0 saturated carbocycles. The fourth-order valence-corrected chi connectivity index (χ4v) is 3.56. The zero-order chi connectivity index (χ0) is 20.4. The number of hydrogen-bond donors (Lipinski definition) is 2. The monoisotopic (exact) mass is 397 g/mol. The summed E-state index contributed by atoms with van der Waals surface area (Å²) in [6.07, 6.45) is 1.83. The van der Waals surface area contributed by atoms with Gasteiger partial charge < -0.3 is 24.3 Å². The summed E-state index contributed by atoms with van der Waals surface area (Å²) < 4.78 is 10.5. The van der Waals surface area contributed by atoms with E-state index in [0.717, 1.165) is 17.1 Å². The maximum absolute atomic E-state index is 12.6. The number of benzene rings is 1. The van der Waals surface area contributed by atoms with Crippen molar-refractivity contribution in [2.24, 2.45) is 4.99 Å². The number of nitrogens with one attached hydrogen (secondary N) is 2. The fourth-order valence-electron chi connectivity index (χ4n) is 3.56. The number of nitrogens with zero attached hydrogens (tertiary/aromatic N) is 3. The Balaban J connectivity index is 1.55. The molecule has 0 radical (unpaired) electrons. The third-order valence-electron chi connectivity index (χ3n) is 5.19. The third-order valence-corrected chi connectivity index (χ3v) is 5.19. The molecule has 2 aromatic rings. The molecule has 1 aromatic heterocycles. The Labute approximate surface area is 168 Å². The molecule has 0 spiro atoms. The minimum absolute atomic E-state index is 0.330. The zero-order valence-electron chi connectivity index (χ0n) is 16.3. The van der Waals surface area contributed by atoms with Gasteiger partial charge in [-0.05, 0) is 36.2 Å². The van der Waals surface area contributed by atoms with Gasteiger partial charge in [0.1, 0.15) is 24.2 Å². The van der Waals surface area contributed by atoms with Crippen molar-refractivity contribution < 1.29 is 18.7 Å². The number of amides is 3. The molecule has 2 aliphatic heterocycles. The number of likely N-dealkylation sites (N-methyl/N-ethyl adjacent to an activating group) is 1. The van der Waals surface area contributed by atoms with Crippen LogP contribution in [0.4, 0.5) is 4.79 Å². The second-order valence-corrected chi connectivity index (χ2v) is 6.95. The Morgan fingerprint density at radius 3 is 2.69 bits per heavy atom. The summed E-state index contributed by atoms with van der Waals surface area (Å²) in [7, 11) is 3.29. The predicted molar refractivity (Wildman–Crippen MR) is 105 cm³/mol. The number of guanidine groups is 1. The van der Waals surface area contributed by atoms with Crippen molar-refractivity contribution in [2.45, 2.75) is 25.2 Å². The number of methoxy groups -OCH3 is 1. The molecule has 0 aliphatic carbocycles. The summed E-state index contributed by atoms with van der Waals surface area (Å²) in [4.78, 5) is 32.6. The van der Waals surface area contributed by atoms with Crippen molar-refractivity contribution >= 4 is 17.9 Å². The number of rotatable bonds is 6. The zero-order valence-corrected chi connectivity index (χ0v) is 16.3. The molecule has 152 valence electrons. The molecule has 2 atom stereocenters. The number of carbonyl (C=O) groups is 2. The summed E-state index contributed by atoms with van der Waals surface area (Å²) in [6.45, 7) is 0.903. The molecule has 9 heteroatoms. The average molecular weight is 397 g/mol. The van der Waals surface area contributed by atoms with Crippen molar-refractivity contribution in [1.82, 2.24) is 20.4 Å². The van der Waals surface area contributed by atoms with Crippen LogP contribution in [0.25, 0.3) is 0 Å². The predicted octanol–water partition coefficient (Wildman–Crippen LogP) is 1.17. The van der Waals surface area contributed by atoms with Gasteiger partial charge in [-0.1, -0.05) is 12.1 Å². The van der Waals surface area contributed by atoms with E-state index in [1.807, 2.05) is 35.2 Å². The molecule has 2 fully saturated rings. The SMILES string of the molecule is COc1ccc(CCN2C(=NCc3ccco3)NC3C2C(=O)NC(=O)N3C)cc1. The highest BCUT2D eigenvalue weighted by atomic mass is 16.5. The van der Waals surface area contributed by atoms with Gasteiger partial charge in [-0.15, -0.1) is 0 Å². The van der Waals surface area contributed by atoms with Crippen molar-refractivity contribution in [3.8, 4) is 5.75 Å². The Morgan fingerprint density at radius 2 is 2.00 bits per heavy atom. The smallest absolute Gasteiger partial charge is 0.325 e. The third kappa shape index (κ3) is 3.75. The lowest BCUT2D eigenvalue weighted by atomic mass is 10.1. The van der Waals surface area contributed by atoms with Crippen LogP contribution in [0.15, 0.2) is 52.1 Å². The minimum Gasteiger partial charge on any atom is -0.497 e. The second kappa shape index (κ2) is 7.86. The lowest BCUT2D eigenvalue weighted by Crippen LogP contribution is -2.64. The summed E-state index contributed by atoms with van der Waals surface area (Å²) >= 11 is 0. The first-order valence-corrected chi connectivity index (χ1v) is 9.37. The highest BCUT2D eigenvalue weighted by Gasteiger charge is 2.49. The minimum atomic E-state index is -0.550. The van der Waals surface area contributed by atoms with E-state index in [1.54, 1.807) is 26.5 Å². The summed E-state index contributed by atoms with van der Waals surface area (Å²) in [5.41, 5.74) is 1.11. The van der Waals surface area contributed by atoms with Gasteiger partial charge in [0.05, 0.1) is 13.4 Å². The number of hydrogen-bond acceptors (Lipinski definition) is 5. The van der Waals surface area contributed by atoms with E-state index in [-0.39, 0.29) is 5.91 Å². The van der Waals surface area contributed by atoms with Crippen molar-refractivity contribution in [2.75, 3.05) is 20.7 Å². The van der Waals surface area contributed by atoms with Gasteiger partial charge in [0.2, 0.25) is 0 Å². The van der Waals surface area contributed by atoms with E-state index in [9.17, 15) is 9.59 Å². The molecule has 9 nitrogen and oxygen atoms in total. The number of aliphatic imine (C=N–C) groups is 1. The molecule has 2 aliphatic rings. The van der Waals surface area contributed by atoms with E-state index in [4.69, 9.17) is 9.15 Å². The largest absolute Gasteiger partial charge is 0.497 e. The molecular weight excluding hydrogens is 374 g/mol. The van der Waals surface area contributed by atoms with Gasteiger partial charge in [0, 0.05) is 13.6 Å². The van der Waals surface area contributed by atoms with Crippen LogP contribution < -0.4 is 15.4 Å². The van der Waals surface area contributed by atoms with E-state index >= 15 is 0 Å². The maximum atomic E-state index is 12.6. The van der Waals surface area contributed by atoms with Gasteiger partial charge >= 0.3 is 6.03 Å². The Hall–Kier alpha value is -3.49. The van der Waals surface area contributed by atoms with Gasteiger partial charge in [0.15, 0.2) is 12.0 Å². The number of imide groups is 1. The highest BCUT2D eigenvalue weighted by Crippen LogP contribution is 2.22. The van der Waals surface area contributed by atoms with Crippen LogP contribution in [0.2, 0.25) is 0 Å². The van der Waals surface area contributed by atoms with Crippen molar-refractivity contribution in [1.29, 1.82) is 0 Å². The molecule has 3 heterocycles. The van der Waals surface area contributed by atoms with Gasteiger partial charge in [-0.2, -0.15) is 0 Å². The molecule has 29 heavy (non-hydrogen) atoms. The van der Waals surface area contributed by atoms with Crippen LogP contribution in [0, 0.1) is 0 Å². The van der Waals surface area contributed by atoms with Crippen LogP contribution in [-0.2, 0) is 17.8 Å². The molecule has 2 N–H and O–H groups in total. The second-order valence-electron chi connectivity index (χ2n) is 6.95. The molecule has 4 rings (SSSR count). The van der Waals surface area contributed by atoms with Gasteiger partial charge in [-0.25, -0.2) is 9.79 Å². The highest BCUT2D eigenvalue weighted by molar-refractivity contribution is 6.04. The number of furan rings is 1. The molecular formula is C20H23N5O4. The summed E-state index contributed by atoms with van der Waals surface area (Å²) in [6, 6.07) is 10.5. The summed E-state index contributed by atoms with van der Waals surface area (Å²) in [5.74, 6) is 1.76. The number of fused-ring (bicyclic) bond motifs is 1. The quantitative estimate of drug-likeness (QED) is 0.759. The number of urea groups is 1. The van der Waals surface area contributed by atoms with Crippen LogP contribution >= 0.6 is 0 Å². The lowest BCUT2D eigenvalue weighted by Gasteiger charge is -2.35. The molecule has 2 unspecified atom stereocenters. The van der Waals surface area contributed by atoms with E-state index in [0.29, 0.717) is 25.5 Å². The van der Waals surface area contributed by atoms with Crippen LogP contribution in [-0.4, -0.2) is 60.6 Å². The van der Waals surface area contributed by atoms with Gasteiger partial charge in [-0.3, -0.25) is 10.1 Å². The van der Waals surface area contributed by atoms with Crippen LogP contribution in [0.3, 0.4) is 0 Å². The molecule has 3 amide bonds. The summed E-state index contributed by atoms with van der Waals surface area (Å²) in [5, 5.41) is 5.64. The molecule has 0 bridgehead atoms. The van der Waals surface area contributed by atoms with Crippen LogP contribution in [0.1, 0.15) is 11.3 Å². The average Bonchev–Trinajstić information content (AvgIpc) is 3.37. The van der Waals surface area contributed by atoms with Gasteiger partial charge in [0.25, 0.3) is 5.91 Å². The van der Waals surface area contributed by atoms with E-state index in [1.165, 1.54) is 4.90 Å². The first-order chi connectivity index (χ1) is 14.1. The Kier molecular flexibility index (Phi) is 5.11. The molecule has 2 saturated heterocycles. The topological polar surface area (TPSA) is 99.4 Å². The first-order valence-electron chi connectivity index (χ1n) is 9.37. The first kappa shape index (κ1) is 18.9. The normalized spacial score (nSPS) is 22.5. The molecule has 1 aromatic carbocycles. The van der Waals surface area contributed by atoms with E-state index in [2.05, 4.69) is 15.6 Å². The van der Waals surface area contributed by atoms with Crippen molar-refractivity contribution in [3.63, 3.8) is 0 Å². The Bertz CT molecular complexity index is 909. The number of carbonyl (C=O) groups excluding carboxylic acids is 2. The standard InChI is InChI=1S/C20H23N5O4/c1-24-17-16(18(26)23-20(24)27)25(10-9-13-5-7-14(28-2)8-6-13)19(22-17)21-12-15-4-3-11-29-15/h3-8,11,16-17H,9-10,12H2,1-2H3,(H,21,22)(H,23,26,27). The lowest BCUT2D eigenvalue weighted by molar-refractivity contribution is -0.127. The fraction of sp³-hybridized carbons (Fsp3) is 0.350. The number of ether oxygens (including phenoxy) is 1. The van der Waals surface area contributed by atoms with Crippen molar-refractivity contribution in [3.05, 3.63) is 54.0 Å². The Morgan fingerprint density at radius 1 is 1.21 bits per heavy atom. The van der Waals surface area contributed by atoms with Crippen LogP contribution in [0.5, 0.6) is 5.75 Å². The maximum Gasteiger partial charge on any atom is 0.325 e.